The number of anilines is 1. The van der Waals surface area contributed by atoms with Crippen LogP contribution in [0.15, 0.2) is 46.9 Å². The lowest BCUT2D eigenvalue weighted by Gasteiger charge is -2.28. The number of nitrogens with one attached hydrogen (secondary N) is 3. The summed E-state index contributed by atoms with van der Waals surface area (Å²) in [6, 6.07) is 12.5. The van der Waals surface area contributed by atoms with Gasteiger partial charge in [-0.1, -0.05) is 53.0 Å². The first-order chi connectivity index (χ1) is 13.1. The van der Waals surface area contributed by atoms with E-state index < -0.39 is 15.9 Å². The van der Waals surface area contributed by atoms with Gasteiger partial charge in [-0.15, -0.1) is 0 Å². The van der Waals surface area contributed by atoms with Gasteiger partial charge in [0.25, 0.3) is 5.91 Å². The molecule has 150 valence electrons. The number of hydrogen-bond acceptors (Lipinski definition) is 3. The van der Waals surface area contributed by atoms with Crippen LogP contribution in [0.25, 0.3) is 0 Å². The summed E-state index contributed by atoms with van der Waals surface area (Å²) in [5.74, 6) is 0.157. The first kappa shape index (κ1) is 23.0. The molecule has 1 amide bonds. The molecule has 1 atom stereocenters. The van der Waals surface area contributed by atoms with Crippen LogP contribution in [0.3, 0.4) is 0 Å². The number of carbonyl (C=O) groups excluding carboxylic acids is 1. The number of carbonyl (C=O) groups is 1. The highest BCUT2D eigenvalue weighted by molar-refractivity contribution is 9.10. The number of halogens is 4. The third kappa shape index (κ3) is 6.39. The van der Waals surface area contributed by atoms with Gasteiger partial charge in [0.05, 0.1) is 18.4 Å². The van der Waals surface area contributed by atoms with E-state index in [-0.39, 0.29) is 5.11 Å². The van der Waals surface area contributed by atoms with Crippen LogP contribution in [-0.2, 0) is 0 Å². The highest BCUT2D eigenvalue weighted by atomic mass is 79.9. The van der Waals surface area contributed by atoms with Crippen LogP contribution in [0.5, 0.6) is 5.75 Å². The number of benzene rings is 2. The van der Waals surface area contributed by atoms with Crippen molar-refractivity contribution in [2.45, 2.75) is 16.9 Å². The van der Waals surface area contributed by atoms with Crippen molar-refractivity contribution in [1.82, 2.24) is 10.6 Å². The molecule has 0 aliphatic heterocycles. The summed E-state index contributed by atoms with van der Waals surface area (Å²) in [5.41, 5.74) is 2.04. The van der Waals surface area contributed by atoms with E-state index in [1.54, 1.807) is 37.4 Å². The predicted molar refractivity (Wildman–Crippen MR) is 123 cm³/mol. The van der Waals surface area contributed by atoms with Crippen molar-refractivity contribution in [3.05, 3.63) is 58.1 Å². The van der Waals surface area contributed by atoms with Gasteiger partial charge in [-0.3, -0.25) is 4.79 Å². The second-order valence-electron chi connectivity index (χ2n) is 5.73. The molecule has 3 N–H and O–H groups in total. The lowest BCUT2D eigenvalue weighted by Crippen LogP contribution is -2.56. The molecule has 0 radical (unpaired) electrons. The molecule has 0 aliphatic rings. The molecule has 0 saturated carbocycles. The zero-order valence-corrected chi connectivity index (χ0v) is 19.5. The van der Waals surface area contributed by atoms with Crippen molar-refractivity contribution >= 4 is 79.7 Å². The molecule has 2 aromatic carbocycles. The molecule has 0 fully saturated rings. The zero-order valence-electron chi connectivity index (χ0n) is 14.9. The summed E-state index contributed by atoms with van der Waals surface area (Å²) < 4.78 is 4.06. The van der Waals surface area contributed by atoms with E-state index in [0.29, 0.717) is 21.5 Å². The molecule has 10 heteroatoms. The van der Waals surface area contributed by atoms with Crippen molar-refractivity contribution in [3.63, 3.8) is 0 Å². The first-order valence-electron chi connectivity index (χ1n) is 7.96. The Morgan fingerprint density at radius 2 is 1.86 bits per heavy atom. The van der Waals surface area contributed by atoms with E-state index in [1.807, 2.05) is 19.1 Å². The van der Waals surface area contributed by atoms with Crippen molar-refractivity contribution in [1.29, 1.82) is 0 Å². The Morgan fingerprint density at radius 1 is 1.18 bits per heavy atom. The molecule has 0 spiro atoms. The minimum absolute atomic E-state index is 0.146. The van der Waals surface area contributed by atoms with Crippen molar-refractivity contribution < 1.29 is 9.53 Å². The number of ether oxygens (including phenoxy) is 1. The number of rotatable bonds is 5. The van der Waals surface area contributed by atoms with Crippen molar-refractivity contribution in [3.8, 4) is 5.75 Å². The second-order valence-corrected chi connectivity index (χ2v) is 9.36. The predicted octanol–water partition coefficient (Wildman–Crippen LogP) is 5.18. The molecule has 1 unspecified atom stereocenters. The van der Waals surface area contributed by atoms with Crippen LogP contribution in [0.4, 0.5) is 5.69 Å². The molecule has 0 aliphatic carbocycles. The minimum Gasteiger partial charge on any atom is -0.495 e. The Bertz CT molecular complexity index is 877. The number of thiocarbonyl (C=S) groups is 1. The fourth-order valence-corrected chi connectivity index (χ4v) is 3.28. The van der Waals surface area contributed by atoms with E-state index in [2.05, 4.69) is 31.9 Å². The van der Waals surface area contributed by atoms with E-state index >= 15 is 0 Å². The number of amides is 1. The highest BCUT2D eigenvalue weighted by Crippen LogP contribution is 2.30. The van der Waals surface area contributed by atoms with Crippen molar-refractivity contribution in [2.75, 3.05) is 12.4 Å². The summed E-state index contributed by atoms with van der Waals surface area (Å²) in [5, 5.41) is 8.59. The summed E-state index contributed by atoms with van der Waals surface area (Å²) in [6.45, 7) is 1.93. The van der Waals surface area contributed by atoms with Crippen LogP contribution in [0.2, 0.25) is 0 Å². The van der Waals surface area contributed by atoms with Gasteiger partial charge in [-0.05, 0) is 64.9 Å². The first-order valence-corrected chi connectivity index (χ1v) is 10.3. The van der Waals surface area contributed by atoms with Crippen LogP contribution in [0, 0.1) is 6.92 Å². The molecule has 0 bridgehead atoms. The highest BCUT2D eigenvalue weighted by Gasteiger charge is 2.35. The normalized spacial score (nSPS) is 12.1. The van der Waals surface area contributed by atoms with Crippen LogP contribution >= 0.6 is 63.0 Å². The van der Waals surface area contributed by atoms with Gasteiger partial charge < -0.3 is 20.7 Å². The fourth-order valence-electron chi connectivity index (χ4n) is 2.26. The Hall–Kier alpha value is -1.25. The largest absolute Gasteiger partial charge is 0.495 e. The van der Waals surface area contributed by atoms with E-state index in [4.69, 9.17) is 51.8 Å². The maximum Gasteiger partial charge on any atom is 0.254 e. The Balaban J connectivity index is 2.14. The number of aryl methyl sites for hydroxylation is 1. The van der Waals surface area contributed by atoms with E-state index in [9.17, 15) is 4.79 Å². The monoisotopic (exact) mass is 523 g/mol. The molecule has 2 aromatic rings. The average Bonchev–Trinajstić information content (AvgIpc) is 2.60. The maximum absolute atomic E-state index is 12.6. The molecular weight excluding hydrogens is 509 g/mol. The van der Waals surface area contributed by atoms with Crippen LogP contribution < -0.4 is 20.7 Å². The summed E-state index contributed by atoms with van der Waals surface area (Å²) in [6.07, 6.45) is -1.09. The van der Waals surface area contributed by atoms with Gasteiger partial charge in [0.15, 0.2) is 5.11 Å². The van der Waals surface area contributed by atoms with Gasteiger partial charge >= 0.3 is 0 Å². The van der Waals surface area contributed by atoms with E-state index in [1.165, 1.54) is 0 Å². The van der Waals surface area contributed by atoms with Crippen molar-refractivity contribution in [2.24, 2.45) is 0 Å². The smallest absolute Gasteiger partial charge is 0.254 e. The maximum atomic E-state index is 12.6. The minimum atomic E-state index is -1.86. The van der Waals surface area contributed by atoms with Gasteiger partial charge in [-0.25, -0.2) is 0 Å². The lowest BCUT2D eigenvalue weighted by atomic mass is 10.2. The molecule has 0 heterocycles. The molecular formula is C18H17BrCl3N3O2S. The van der Waals surface area contributed by atoms with Gasteiger partial charge in [0.1, 0.15) is 11.9 Å². The van der Waals surface area contributed by atoms with Gasteiger partial charge in [-0.2, -0.15) is 0 Å². The quantitative estimate of drug-likeness (QED) is 0.285. The van der Waals surface area contributed by atoms with Gasteiger partial charge in [0.2, 0.25) is 3.79 Å². The third-order valence-electron chi connectivity index (χ3n) is 3.60. The number of methoxy groups -OCH3 is 1. The Morgan fingerprint density at radius 3 is 2.46 bits per heavy atom. The Labute approximate surface area is 192 Å². The SMILES string of the molecule is COc1ccc(C)cc1NC(=S)NC(NC(=O)c1ccccc1Br)C(Cl)(Cl)Cl. The fraction of sp³-hybridized carbons (Fsp3) is 0.222. The number of alkyl halides is 3. The van der Waals surface area contributed by atoms with Gasteiger partial charge in [0, 0.05) is 4.47 Å². The molecule has 5 nitrogen and oxygen atoms in total. The van der Waals surface area contributed by atoms with Crippen LogP contribution in [0.1, 0.15) is 15.9 Å². The molecule has 0 aromatic heterocycles. The second kappa shape index (κ2) is 9.98. The molecule has 2 rings (SSSR count). The third-order valence-corrected chi connectivity index (χ3v) is 5.17. The summed E-state index contributed by atoms with van der Waals surface area (Å²) in [7, 11) is 1.55. The standard InChI is InChI=1S/C18H17BrCl3N3O2S/c1-10-7-8-14(27-2)13(9-10)23-17(28)25-16(18(20,21)22)24-15(26)11-5-3-4-6-12(11)19/h3-9,16H,1-2H3,(H,24,26)(H2,23,25,28). The molecule has 28 heavy (non-hydrogen) atoms. The topological polar surface area (TPSA) is 62.4 Å². The lowest BCUT2D eigenvalue weighted by molar-refractivity contribution is 0.0933. The van der Waals surface area contributed by atoms with Crippen LogP contribution in [-0.4, -0.2) is 28.1 Å². The average molecular weight is 526 g/mol. The summed E-state index contributed by atoms with van der Waals surface area (Å²) in [4.78, 5) is 12.6. The Kier molecular flexibility index (Phi) is 8.21. The van der Waals surface area contributed by atoms with E-state index in [0.717, 1.165) is 5.56 Å². The molecule has 0 saturated heterocycles. The summed E-state index contributed by atoms with van der Waals surface area (Å²) >= 11 is 26.7. The zero-order chi connectivity index (χ0) is 20.9. The number of hydrogen-bond donors (Lipinski definition) is 3.